The van der Waals surface area contributed by atoms with Crippen LogP contribution in [0.25, 0.3) is 0 Å². The number of benzene rings is 1. The lowest BCUT2D eigenvalue weighted by molar-refractivity contribution is 0.0950. The molecule has 1 aromatic carbocycles. The summed E-state index contributed by atoms with van der Waals surface area (Å²) in [5.74, 6) is -0.105. The SMILES string of the molecule is Nc1cccc(CNC(=O)c2cc(Br)sc2Br)c1. The van der Waals surface area contributed by atoms with Crippen molar-refractivity contribution < 1.29 is 4.79 Å². The summed E-state index contributed by atoms with van der Waals surface area (Å²) >= 11 is 8.19. The Morgan fingerprint density at radius 2 is 2.11 bits per heavy atom. The number of thiophene rings is 1. The van der Waals surface area contributed by atoms with Crippen LogP contribution in [0, 0.1) is 0 Å². The third-order valence-corrected chi connectivity index (χ3v) is 4.64. The summed E-state index contributed by atoms with van der Waals surface area (Å²) in [4.78, 5) is 12.0. The van der Waals surface area contributed by atoms with E-state index in [2.05, 4.69) is 37.2 Å². The Morgan fingerprint density at radius 3 is 2.72 bits per heavy atom. The maximum atomic E-state index is 12.0. The molecule has 0 bridgehead atoms. The number of nitrogen functional groups attached to an aromatic ring is 1. The topological polar surface area (TPSA) is 55.1 Å². The third-order valence-electron chi connectivity index (χ3n) is 2.31. The van der Waals surface area contributed by atoms with Crippen LogP contribution in [0.15, 0.2) is 37.9 Å². The van der Waals surface area contributed by atoms with Gasteiger partial charge in [-0.2, -0.15) is 0 Å². The van der Waals surface area contributed by atoms with E-state index < -0.39 is 0 Å². The van der Waals surface area contributed by atoms with E-state index in [1.54, 1.807) is 6.07 Å². The summed E-state index contributed by atoms with van der Waals surface area (Å²) < 4.78 is 1.74. The van der Waals surface area contributed by atoms with Crippen LogP contribution >= 0.6 is 43.2 Å². The zero-order valence-corrected chi connectivity index (χ0v) is 13.2. The quantitative estimate of drug-likeness (QED) is 0.784. The van der Waals surface area contributed by atoms with Gasteiger partial charge in [0.15, 0.2) is 0 Å². The maximum Gasteiger partial charge on any atom is 0.253 e. The second-order valence-corrected chi connectivity index (χ2v) is 7.41. The van der Waals surface area contributed by atoms with E-state index in [0.29, 0.717) is 17.8 Å². The molecule has 3 nitrogen and oxygen atoms in total. The van der Waals surface area contributed by atoms with E-state index in [1.165, 1.54) is 11.3 Å². The molecule has 0 radical (unpaired) electrons. The summed E-state index contributed by atoms with van der Waals surface area (Å²) in [6, 6.07) is 9.25. The Morgan fingerprint density at radius 1 is 1.33 bits per heavy atom. The zero-order chi connectivity index (χ0) is 13.1. The fourth-order valence-electron chi connectivity index (χ4n) is 1.48. The van der Waals surface area contributed by atoms with E-state index in [1.807, 2.05) is 24.3 Å². The van der Waals surface area contributed by atoms with Crippen molar-refractivity contribution in [3.63, 3.8) is 0 Å². The molecule has 3 N–H and O–H groups in total. The lowest BCUT2D eigenvalue weighted by Gasteiger charge is -2.05. The first-order valence-electron chi connectivity index (χ1n) is 5.13. The molecule has 1 heterocycles. The van der Waals surface area contributed by atoms with Crippen LogP contribution in [0.1, 0.15) is 15.9 Å². The molecule has 6 heteroatoms. The first-order valence-corrected chi connectivity index (χ1v) is 7.54. The van der Waals surface area contributed by atoms with Crippen molar-refractivity contribution >= 4 is 54.8 Å². The van der Waals surface area contributed by atoms with Gasteiger partial charge in [0, 0.05) is 12.2 Å². The van der Waals surface area contributed by atoms with E-state index in [4.69, 9.17) is 5.73 Å². The van der Waals surface area contributed by atoms with Crippen LogP contribution in [0.3, 0.4) is 0 Å². The molecule has 0 aliphatic carbocycles. The number of hydrogen-bond acceptors (Lipinski definition) is 3. The smallest absolute Gasteiger partial charge is 0.253 e. The molecule has 0 atom stereocenters. The Labute approximate surface area is 126 Å². The predicted molar refractivity (Wildman–Crippen MR) is 81.7 cm³/mol. The Hall–Kier alpha value is -0.850. The maximum absolute atomic E-state index is 12.0. The highest BCUT2D eigenvalue weighted by Crippen LogP contribution is 2.31. The number of carbonyl (C=O) groups is 1. The van der Waals surface area contributed by atoms with Gasteiger partial charge in [-0.1, -0.05) is 12.1 Å². The van der Waals surface area contributed by atoms with E-state index >= 15 is 0 Å². The summed E-state index contributed by atoms with van der Waals surface area (Å²) in [7, 11) is 0. The first kappa shape index (κ1) is 13.6. The highest BCUT2D eigenvalue weighted by molar-refractivity contribution is 9.12. The van der Waals surface area contributed by atoms with Gasteiger partial charge >= 0.3 is 0 Å². The number of carbonyl (C=O) groups excluding carboxylic acids is 1. The van der Waals surface area contributed by atoms with E-state index in [-0.39, 0.29) is 5.91 Å². The molecule has 1 aromatic heterocycles. The molecule has 0 aliphatic heterocycles. The number of halogens is 2. The van der Waals surface area contributed by atoms with Gasteiger partial charge in [0.2, 0.25) is 0 Å². The highest BCUT2D eigenvalue weighted by atomic mass is 79.9. The minimum Gasteiger partial charge on any atom is -0.399 e. The molecule has 0 spiro atoms. The molecular weight excluding hydrogens is 380 g/mol. The standard InChI is InChI=1S/C12H10Br2N2OS/c13-10-5-9(11(14)18-10)12(17)16-6-7-2-1-3-8(15)4-7/h1-5H,6,15H2,(H,16,17). The van der Waals surface area contributed by atoms with Gasteiger partial charge in [-0.15, -0.1) is 11.3 Å². The summed E-state index contributed by atoms with van der Waals surface area (Å²) in [6.07, 6.45) is 0. The van der Waals surface area contributed by atoms with Gasteiger partial charge < -0.3 is 11.1 Å². The van der Waals surface area contributed by atoms with Crippen LogP contribution in [0.4, 0.5) is 5.69 Å². The molecule has 0 saturated heterocycles. The molecule has 0 saturated carbocycles. The average molecular weight is 390 g/mol. The minimum atomic E-state index is -0.105. The first-order chi connectivity index (χ1) is 8.56. The molecule has 0 unspecified atom stereocenters. The van der Waals surface area contributed by atoms with Crippen LogP contribution in [0.5, 0.6) is 0 Å². The lowest BCUT2D eigenvalue weighted by atomic mass is 10.2. The fourth-order valence-corrected chi connectivity index (χ4v) is 4.27. The van der Waals surface area contributed by atoms with Crippen molar-refractivity contribution in [2.24, 2.45) is 0 Å². The lowest BCUT2D eigenvalue weighted by Crippen LogP contribution is -2.22. The van der Waals surface area contributed by atoms with Gasteiger partial charge in [0.25, 0.3) is 5.91 Å². The van der Waals surface area contributed by atoms with E-state index in [0.717, 1.165) is 13.1 Å². The Balaban J connectivity index is 2.03. The second-order valence-electron chi connectivity index (χ2n) is 3.67. The van der Waals surface area contributed by atoms with Crippen molar-refractivity contribution in [1.29, 1.82) is 0 Å². The molecule has 94 valence electrons. The van der Waals surface area contributed by atoms with Crippen LogP contribution in [-0.2, 0) is 6.54 Å². The van der Waals surface area contributed by atoms with Crippen molar-refractivity contribution in [1.82, 2.24) is 5.32 Å². The van der Waals surface area contributed by atoms with Crippen LogP contribution < -0.4 is 11.1 Å². The molecule has 2 rings (SSSR count). The van der Waals surface area contributed by atoms with Crippen molar-refractivity contribution in [2.75, 3.05) is 5.73 Å². The van der Waals surface area contributed by atoms with Crippen LogP contribution in [0.2, 0.25) is 0 Å². The van der Waals surface area contributed by atoms with Gasteiger partial charge in [0.05, 0.1) is 13.1 Å². The Kier molecular flexibility index (Phi) is 4.42. The number of nitrogens with two attached hydrogens (primary N) is 1. The minimum absolute atomic E-state index is 0.105. The number of nitrogens with one attached hydrogen (secondary N) is 1. The van der Waals surface area contributed by atoms with Crippen LogP contribution in [-0.4, -0.2) is 5.91 Å². The summed E-state index contributed by atoms with van der Waals surface area (Å²) in [5, 5.41) is 2.86. The summed E-state index contributed by atoms with van der Waals surface area (Å²) in [5.41, 5.74) is 7.99. The van der Waals surface area contributed by atoms with Crippen molar-refractivity contribution in [2.45, 2.75) is 6.54 Å². The number of amides is 1. The molecular formula is C12H10Br2N2OS. The molecule has 18 heavy (non-hydrogen) atoms. The fraction of sp³-hybridized carbons (Fsp3) is 0.0833. The summed E-state index contributed by atoms with van der Waals surface area (Å²) in [6.45, 7) is 0.462. The Bertz CT molecular complexity index is 583. The average Bonchev–Trinajstić information content (AvgIpc) is 2.66. The van der Waals surface area contributed by atoms with Crippen molar-refractivity contribution in [3.8, 4) is 0 Å². The van der Waals surface area contributed by atoms with Gasteiger partial charge in [-0.3, -0.25) is 4.79 Å². The normalized spacial score (nSPS) is 10.3. The van der Waals surface area contributed by atoms with Gasteiger partial charge in [-0.05, 0) is 55.6 Å². The molecule has 2 aromatic rings. The highest BCUT2D eigenvalue weighted by Gasteiger charge is 2.13. The van der Waals surface area contributed by atoms with Gasteiger partial charge in [-0.25, -0.2) is 0 Å². The van der Waals surface area contributed by atoms with Crippen molar-refractivity contribution in [3.05, 3.63) is 49.0 Å². The molecule has 0 fully saturated rings. The number of anilines is 1. The zero-order valence-electron chi connectivity index (χ0n) is 9.24. The molecule has 0 aliphatic rings. The third kappa shape index (κ3) is 3.34. The van der Waals surface area contributed by atoms with Gasteiger partial charge in [0.1, 0.15) is 0 Å². The monoisotopic (exact) mass is 388 g/mol. The second kappa shape index (κ2) is 5.86. The number of hydrogen-bond donors (Lipinski definition) is 2. The predicted octanol–water partition coefficient (Wildman–Crippen LogP) is 3.79. The van der Waals surface area contributed by atoms with E-state index in [9.17, 15) is 4.79 Å². The number of rotatable bonds is 3. The molecule has 1 amide bonds. The largest absolute Gasteiger partial charge is 0.399 e.